The molecule has 5 rings (SSSR count). The fourth-order valence-electron chi connectivity index (χ4n) is 4.23. The van der Waals surface area contributed by atoms with Gasteiger partial charge in [0.05, 0.1) is 36.3 Å². The summed E-state index contributed by atoms with van der Waals surface area (Å²) in [5.74, 6) is -0.202. The maximum Gasteiger partial charge on any atom is 0.262 e. The van der Waals surface area contributed by atoms with Crippen molar-refractivity contribution in [3.63, 3.8) is 0 Å². The zero-order valence-electron chi connectivity index (χ0n) is 18.5. The number of hydrogen-bond acceptors (Lipinski definition) is 7. The number of fused-ring (bicyclic) bond motifs is 2. The monoisotopic (exact) mass is 466 g/mol. The maximum absolute atomic E-state index is 14.4. The first-order chi connectivity index (χ1) is 16.5. The molecule has 5 N–H and O–H groups in total. The minimum atomic E-state index is -0.756. The van der Waals surface area contributed by atoms with Gasteiger partial charge < -0.3 is 35.7 Å². The van der Waals surface area contributed by atoms with Gasteiger partial charge in [0.25, 0.3) is 11.8 Å². The second-order valence-electron chi connectivity index (χ2n) is 7.82. The number of anilines is 3. The molecule has 0 aliphatic carbocycles. The Morgan fingerprint density at radius 1 is 1.29 bits per heavy atom. The normalized spacial score (nSPS) is 16.3. The number of benzene rings is 1. The van der Waals surface area contributed by atoms with Crippen LogP contribution in [0.1, 0.15) is 16.1 Å². The van der Waals surface area contributed by atoms with Crippen molar-refractivity contribution in [2.75, 3.05) is 37.9 Å². The maximum atomic E-state index is 14.4. The average molecular weight is 466 g/mol. The quantitative estimate of drug-likeness (QED) is 0.390. The first-order valence-electron chi connectivity index (χ1n) is 10.8. The Labute approximate surface area is 194 Å². The van der Waals surface area contributed by atoms with Crippen LogP contribution in [0.2, 0.25) is 0 Å². The van der Waals surface area contributed by atoms with Crippen molar-refractivity contribution in [1.29, 1.82) is 0 Å². The summed E-state index contributed by atoms with van der Waals surface area (Å²) in [5, 5.41) is 11.7. The number of carbonyl (C=O) groups excluding carboxylic acids is 2. The van der Waals surface area contributed by atoms with Crippen molar-refractivity contribution < 1.29 is 23.5 Å². The zero-order chi connectivity index (χ0) is 23.8. The summed E-state index contributed by atoms with van der Waals surface area (Å²) < 4.78 is 25.6. The summed E-state index contributed by atoms with van der Waals surface area (Å²) in [4.78, 5) is 32.7. The number of para-hydroxylation sites is 1. The molecule has 0 bridgehead atoms. The molecule has 2 aliphatic heterocycles. The molecule has 0 fully saturated rings. The van der Waals surface area contributed by atoms with Crippen molar-refractivity contribution in [3.8, 4) is 22.8 Å². The third-order valence-corrected chi connectivity index (χ3v) is 5.82. The van der Waals surface area contributed by atoms with Crippen LogP contribution in [0.5, 0.6) is 11.5 Å². The summed E-state index contributed by atoms with van der Waals surface area (Å²) >= 11 is 0. The number of nitrogens with zero attached hydrogens (tertiary/aromatic N) is 1. The Bertz CT molecular complexity index is 1290. The number of rotatable bonds is 5. The molecular weight excluding hydrogens is 443 g/mol. The fourth-order valence-corrected chi connectivity index (χ4v) is 4.23. The standard InChI is InChI=1S/C23H23FN6O4/c1-25-22(31)15-10-28-21-19(34-15)11(6-8-26-21)17-18(16-13(29-17)7-9-27-23(16)32)30-14-5-3-4-12(24)20(14)33-2/h3-6,8,15,29-30H,7,9-10H2,1-2H3,(H,25,31)(H,26,28)(H,27,32)/t15-/m1/s1. The van der Waals surface area contributed by atoms with Crippen LogP contribution in [0, 0.1) is 5.82 Å². The lowest BCUT2D eigenvalue weighted by atomic mass is 10.0. The lowest BCUT2D eigenvalue weighted by Crippen LogP contribution is -2.43. The van der Waals surface area contributed by atoms with Crippen LogP contribution in [0.15, 0.2) is 30.5 Å². The van der Waals surface area contributed by atoms with E-state index in [4.69, 9.17) is 9.47 Å². The Morgan fingerprint density at radius 2 is 2.15 bits per heavy atom. The number of carbonyl (C=O) groups is 2. The van der Waals surface area contributed by atoms with Gasteiger partial charge in [-0.25, -0.2) is 9.37 Å². The third kappa shape index (κ3) is 3.54. The Balaban J connectivity index is 1.67. The Kier molecular flexibility index (Phi) is 5.44. The van der Waals surface area contributed by atoms with Gasteiger partial charge in [-0.2, -0.15) is 0 Å². The van der Waals surface area contributed by atoms with Gasteiger partial charge in [-0.15, -0.1) is 0 Å². The van der Waals surface area contributed by atoms with E-state index in [0.717, 1.165) is 5.69 Å². The van der Waals surface area contributed by atoms with Crippen LogP contribution in [-0.2, 0) is 11.2 Å². The summed E-state index contributed by atoms with van der Waals surface area (Å²) in [6, 6.07) is 6.24. The van der Waals surface area contributed by atoms with Crippen LogP contribution in [0.25, 0.3) is 11.3 Å². The second kappa shape index (κ2) is 8.58. The van der Waals surface area contributed by atoms with Gasteiger partial charge in [0.2, 0.25) is 0 Å². The van der Waals surface area contributed by atoms with Crippen molar-refractivity contribution in [3.05, 3.63) is 47.5 Å². The molecule has 176 valence electrons. The molecule has 2 amide bonds. The molecule has 1 atom stereocenters. The molecule has 10 nitrogen and oxygen atoms in total. The van der Waals surface area contributed by atoms with Crippen molar-refractivity contribution in [2.24, 2.45) is 0 Å². The molecule has 34 heavy (non-hydrogen) atoms. The van der Waals surface area contributed by atoms with Gasteiger partial charge in [0.15, 0.2) is 29.2 Å². The summed E-state index contributed by atoms with van der Waals surface area (Å²) in [7, 11) is 2.92. The van der Waals surface area contributed by atoms with E-state index >= 15 is 0 Å². The first kappa shape index (κ1) is 21.6. The summed E-state index contributed by atoms with van der Waals surface area (Å²) in [5.41, 5.74) is 3.08. The van der Waals surface area contributed by atoms with Gasteiger partial charge >= 0.3 is 0 Å². The van der Waals surface area contributed by atoms with Crippen LogP contribution in [0.4, 0.5) is 21.6 Å². The van der Waals surface area contributed by atoms with E-state index in [-0.39, 0.29) is 24.1 Å². The smallest absolute Gasteiger partial charge is 0.262 e. The average Bonchev–Trinajstić information content (AvgIpc) is 3.22. The topological polar surface area (TPSA) is 129 Å². The number of likely N-dealkylation sites (N-methyl/N-ethyl adjacent to an activating group) is 1. The van der Waals surface area contributed by atoms with Crippen LogP contribution in [-0.4, -0.2) is 55.1 Å². The number of methoxy groups -OCH3 is 1. The van der Waals surface area contributed by atoms with E-state index in [1.807, 2.05) is 0 Å². The number of pyridine rings is 1. The number of halogens is 1. The molecule has 2 aromatic heterocycles. The second-order valence-corrected chi connectivity index (χ2v) is 7.82. The molecule has 2 aliphatic rings. The summed E-state index contributed by atoms with van der Waals surface area (Å²) in [6.45, 7) is 0.748. The molecule has 0 unspecified atom stereocenters. The fraction of sp³-hybridized carbons (Fsp3) is 0.261. The van der Waals surface area contributed by atoms with Crippen LogP contribution < -0.4 is 30.7 Å². The number of amides is 2. The molecular formula is C23H23FN6O4. The highest BCUT2D eigenvalue weighted by Gasteiger charge is 2.32. The molecule has 0 spiro atoms. The minimum absolute atomic E-state index is 0.0222. The van der Waals surface area contributed by atoms with Crippen LogP contribution in [0.3, 0.4) is 0 Å². The lowest BCUT2D eigenvalue weighted by Gasteiger charge is -2.27. The van der Waals surface area contributed by atoms with Crippen molar-refractivity contribution in [2.45, 2.75) is 12.5 Å². The highest BCUT2D eigenvalue weighted by molar-refractivity contribution is 6.07. The predicted octanol–water partition coefficient (Wildman–Crippen LogP) is 2.17. The Hall–Kier alpha value is -4.28. The van der Waals surface area contributed by atoms with Crippen molar-refractivity contribution >= 4 is 29.0 Å². The number of ether oxygens (including phenoxy) is 2. The predicted molar refractivity (Wildman–Crippen MR) is 123 cm³/mol. The number of aromatic nitrogens is 2. The van der Waals surface area contributed by atoms with Crippen LogP contribution >= 0.6 is 0 Å². The first-order valence-corrected chi connectivity index (χ1v) is 10.8. The number of nitrogens with one attached hydrogen (secondary N) is 5. The van der Waals surface area contributed by atoms with Crippen molar-refractivity contribution in [1.82, 2.24) is 20.6 Å². The molecule has 11 heteroatoms. The minimum Gasteiger partial charge on any atom is -0.492 e. The van der Waals surface area contributed by atoms with E-state index in [1.54, 1.807) is 24.4 Å². The number of hydrogen-bond donors (Lipinski definition) is 5. The van der Waals surface area contributed by atoms with E-state index in [0.29, 0.717) is 52.7 Å². The molecule has 0 radical (unpaired) electrons. The largest absolute Gasteiger partial charge is 0.492 e. The van der Waals surface area contributed by atoms with Gasteiger partial charge in [0, 0.05) is 37.5 Å². The Morgan fingerprint density at radius 3 is 2.94 bits per heavy atom. The highest BCUT2D eigenvalue weighted by Crippen LogP contribution is 2.44. The molecule has 3 aromatic rings. The molecule has 0 saturated heterocycles. The van der Waals surface area contributed by atoms with Gasteiger partial charge in [-0.3, -0.25) is 9.59 Å². The van der Waals surface area contributed by atoms with E-state index in [1.165, 1.54) is 20.2 Å². The van der Waals surface area contributed by atoms with E-state index < -0.39 is 11.9 Å². The summed E-state index contributed by atoms with van der Waals surface area (Å²) in [6.07, 6.45) is 1.44. The van der Waals surface area contributed by atoms with Gasteiger partial charge in [0.1, 0.15) is 0 Å². The zero-order valence-corrected chi connectivity index (χ0v) is 18.5. The van der Waals surface area contributed by atoms with E-state index in [9.17, 15) is 14.0 Å². The SMILES string of the molecule is CNC(=O)[C@H]1CNc2nccc(-c3[nH]c4c(c3Nc3cccc(F)c3OC)C(=O)NCC4)c2O1. The molecule has 1 aromatic carbocycles. The lowest BCUT2D eigenvalue weighted by molar-refractivity contribution is -0.127. The number of H-pyrrole nitrogens is 1. The highest BCUT2D eigenvalue weighted by atomic mass is 19.1. The number of aromatic amines is 1. The third-order valence-electron chi connectivity index (χ3n) is 5.82. The van der Waals surface area contributed by atoms with Gasteiger partial charge in [-0.05, 0) is 18.2 Å². The van der Waals surface area contributed by atoms with E-state index in [2.05, 4.69) is 31.2 Å². The molecule has 0 saturated carbocycles. The van der Waals surface area contributed by atoms with Gasteiger partial charge in [-0.1, -0.05) is 6.07 Å². The molecule has 4 heterocycles.